The van der Waals surface area contributed by atoms with E-state index in [1.54, 1.807) is 0 Å². The van der Waals surface area contributed by atoms with Gasteiger partial charge in [-0.2, -0.15) is 4.98 Å². The molecular formula is C29H33N3O. The zero-order valence-electron chi connectivity index (χ0n) is 19.8. The first-order valence-corrected chi connectivity index (χ1v) is 12.3. The number of hydrogen-bond acceptors (Lipinski definition) is 4. The predicted octanol–water partition coefficient (Wildman–Crippen LogP) is 7.93. The van der Waals surface area contributed by atoms with Gasteiger partial charge in [0.2, 0.25) is 5.82 Å². The van der Waals surface area contributed by atoms with Gasteiger partial charge in [-0.1, -0.05) is 87.2 Å². The Labute approximate surface area is 197 Å². The Morgan fingerprint density at radius 2 is 1.24 bits per heavy atom. The maximum Gasteiger partial charge on any atom is 0.258 e. The Morgan fingerprint density at radius 1 is 0.636 bits per heavy atom. The Morgan fingerprint density at radius 3 is 1.88 bits per heavy atom. The normalized spacial score (nSPS) is 11.1. The summed E-state index contributed by atoms with van der Waals surface area (Å²) in [6.45, 7) is 4.46. The number of hydrogen-bond donors (Lipinski definition) is 0. The maximum atomic E-state index is 5.54. The lowest BCUT2D eigenvalue weighted by Crippen LogP contribution is -1.89. The first-order chi connectivity index (χ1) is 16.3. The van der Waals surface area contributed by atoms with Gasteiger partial charge in [-0.05, 0) is 55.0 Å². The summed E-state index contributed by atoms with van der Waals surface area (Å²) in [5, 5.41) is 4.19. The number of unbranched alkanes of at least 4 members (excludes halogenated alkanes) is 4. The summed E-state index contributed by atoms with van der Waals surface area (Å²) in [6.07, 6.45) is 11.7. The van der Waals surface area contributed by atoms with Crippen molar-refractivity contribution in [2.24, 2.45) is 0 Å². The molecule has 0 aliphatic rings. The molecule has 4 rings (SSSR count). The van der Waals surface area contributed by atoms with Crippen molar-refractivity contribution < 1.29 is 4.52 Å². The summed E-state index contributed by atoms with van der Waals surface area (Å²) >= 11 is 0. The minimum absolute atomic E-state index is 0.550. The van der Waals surface area contributed by atoms with Crippen LogP contribution in [-0.4, -0.2) is 15.1 Å². The molecule has 4 aromatic rings. The van der Waals surface area contributed by atoms with E-state index in [1.807, 2.05) is 18.3 Å². The summed E-state index contributed by atoms with van der Waals surface area (Å²) in [5.41, 5.74) is 6.60. The van der Waals surface area contributed by atoms with E-state index in [0.29, 0.717) is 11.7 Å². The zero-order chi connectivity index (χ0) is 22.9. The highest BCUT2D eigenvalue weighted by Crippen LogP contribution is 2.25. The zero-order valence-corrected chi connectivity index (χ0v) is 19.8. The lowest BCUT2D eigenvalue weighted by atomic mass is 10.1. The van der Waals surface area contributed by atoms with Gasteiger partial charge >= 0.3 is 0 Å². The summed E-state index contributed by atoms with van der Waals surface area (Å²) in [4.78, 5) is 9.27. The van der Waals surface area contributed by atoms with Crippen molar-refractivity contribution in [1.82, 2.24) is 15.1 Å². The summed E-state index contributed by atoms with van der Waals surface area (Å²) < 4.78 is 5.54. The van der Waals surface area contributed by atoms with Crippen molar-refractivity contribution in [2.45, 2.75) is 65.2 Å². The van der Waals surface area contributed by atoms with Crippen LogP contribution in [0.3, 0.4) is 0 Å². The van der Waals surface area contributed by atoms with Crippen LogP contribution in [0, 0.1) is 0 Å². The summed E-state index contributed by atoms with van der Waals surface area (Å²) in [5.74, 6) is 1.15. The second kappa shape index (κ2) is 11.6. The van der Waals surface area contributed by atoms with Gasteiger partial charge in [0.1, 0.15) is 0 Å². The average Bonchev–Trinajstić information content (AvgIpc) is 3.36. The third kappa shape index (κ3) is 6.16. The Hall–Kier alpha value is -3.27. The van der Waals surface area contributed by atoms with Crippen LogP contribution in [0.5, 0.6) is 0 Å². The summed E-state index contributed by atoms with van der Waals surface area (Å²) in [6, 6.07) is 20.9. The fraction of sp³-hybridized carbons (Fsp3) is 0.345. The highest BCUT2D eigenvalue weighted by atomic mass is 16.5. The first kappa shape index (κ1) is 22.9. The average molecular weight is 440 g/mol. The van der Waals surface area contributed by atoms with Gasteiger partial charge in [0, 0.05) is 22.9 Å². The highest BCUT2D eigenvalue weighted by Gasteiger charge is 2.11. The van der Waals surface area contributed by atoms with Crippen molar-refractivity contribution in [3.63, 3.8) is 0 Å². The second-order valence-corrected chi connectivity index (χ2v) is 8.66. The standard InChI is InChI=1S/C29H33N3O/c1-3-5-7-9-22-11-14-26(15-12-22)29-31-28(32-33-29)25-18-16-24(17-19-25)27-20-13-23(21-30-27)10-8-6-4-2/h11-21H,3-10H2,1-2H3. The Bertz CT molecular complexity index is 1110. The van der Waals surface area contributed by atoms with E-state index in [2.05, 4.69) is 77.5 Å². The van der Waals surface area contributed by atoms with E-state index in [1.165, 1.54) is 49.7 Å². The Kier molecular flexibility index (Phi) is 8.02. The van der Waals surface area contributed by atoms with Gasteiger partial charge in [0.15, 0.2) is 0 Å². The molecule has 0 aliphatic carbocycles. The second-order valence-electron chi connectivity index (χ2n) is 8.66. The van der Waals surface area contributed by atoms with Gasteiger partial charge in [-0.15, -0.1) is 0 Å². The number of nitrogens with zero attached hydrogens (tertiary/aromatic N) is 3. The molecule has 0 bridgehead atoms. The molecule has 0 saturated heterocycles. The lowest BCUT2D eigenvalue weighted by Gasteiger charge is -2.04. The molecule has 4 nitrogen and oxygen atoms in total. The van der Waals surface area contributed by atoms with Crippen molar-refractivity contribution in [2.75, 3.05) is 0 Å². The van der Waals surface area contributed by atoms with E-state index in [4.69, 9.17) is 4.52 Å². The van der Waals surface area contributed by atoms with Crippen LogP contribution >= 0.6 is 0 Å². The summed E-state index contributed by atoms with van der Waals surface area (Å²) in [7, 11) is 0. The van der Waals surface area contributed by atoms with Gasteiger partial charge in [0.25, 0.3) is 5.89 Å². The van der Waals surface area contributed by atoms with Crippen LogP contribution in [-0.2, 0) is 12.8 Å². The molecule has 2 aromatic carbocycles. The molecule has 0 saturated carbocycles. The van der Waals surface area contributed by atoms with E-state index in [0.717, 1.165) is 35.2 Å². The van der Waals surface area contributed by atoms with Gasteiger partial charge < -0.3 is 4.52 Å². The first-order valence-electron chi connectivity index (χ1n) is 12.3. The third-order valence-electron chi connectivity index (χ3n) is 6.03. The van der Waals surface area contributed by atoms with Crippen LogP contribution in [0.1, 0.15) is 63.5 Å². The fourth-order valence-electron chi connectivity index (χ4n) is 3.96. The number of aryl methyl sites for hydroxylation is 2. The van der Waals surface area contributed by atoms with Crippen molar-refractivity contribution in [3.8, 4) is 34.1 Å². The monoisotopic (exact) mass is 439 g/mol. The quantitative estimate of drug-likeness (QED) is 0.223. The molecule has 0 fully saturated rings. The van der Waals surface area contributed by atoms with Crippen LogP contribution in [0.2, 0.25) is 0 Å². The molecular weight excluding hydrogens is 406 g/mol. The van der Waals surface area contributed by atoms with Crippen molar-refractivity contribution in [3.05, 3.63) is 78.0 Å². The molecule has 33 heavy (non-hydrogen) atoms. The Balaban J connectivity index is 1.40. The number of pyridine rings is 1. The molecule has 0 aliphatic heterocycles. The molecule has 0 unspecified atom stereocenters. The number of aromatic nitrogens is 3. The van der Waals surface area contributed by atoms with Gasteiger partial charge in [-0.25, -0.2) is 0 Å². The largest absolute Gasteiger partial charge is 0.334 e. The van der Waals surface area contributed by atoms with Crippen molar-refractivity contribution in [1.29, 1.82) is 0 Å². The van der Waals surface area contributed by atoms with Crippen LogP contribution in [0.25, 0.3) is 34.1 Å². The number of rotatable bonds is 11. The predicted molar refractivity (Wildman–Crippen MR) is 135 cm³/mol. The molecule has 0 spiro atoms. The van der Waals surface area contributed by atoms with Crippen molar-refractivity contribution >= 4 is 0 Å². The van der Waals surface area contributed by atoms with Gasteiger partial charge in [0.05, 0.1) is 5.69 Å². The third-order valence-corrected chi connectivity index (χ3v) is 6.03. The molecule has 170 valence electrons. The van der Waals surface area contributed by atoms with E-state index in [9.17, 15) is 0 Å². The lowest BCUT2D eigenvalue weighted by molar-refractivity contribution is 0.432. The maximum absolute atomic E-state index is 5.54. The smallest absolute Gasteiger partial charge is 0.258 e. The minimum Gasteiger partial charge on any atom is -0.334 e. The topological polar surface area (TPSA) is 51.8 Å². The molecule has 0 amide bonds. The molecule has 0 radical (unpaired) electrons. The molecule has 2 heterocycles. The van der Waals surface area contributed by atoms with Gasteiger partial charge in [-0.3, -0.25) is 4.98 Å². The molecule has 0 atom stereocenters. The van der Waals surface area contributed by atoms with E-state index in [-0.39, 0.29) is 0 Å². The van der Waals surface area contributed by atoms with E-state index < -0.39 is 0 Å². The van der Waals surface area contributed by atoms with E-state index >= 15 is 0 Å². The van der Waals surface area contributed by atoms with Crippen LogP contribution in [0.15, 0.2) is 71.4 Å². The molecule has 2 aromatic heterocycles. The molecule has 4 heteroatoms. The van der Waals surface area contributed by atoms with Crippen LogP contribution in [0.4, 0.5) is 0 Å². The highest BCUT2D eigenvalue weighted by molar-refractivity contribution is 5.66. The molecule has 0 N–H and O–H groups in total. The number of benzene rings is 2. The SMILES string of the molecule is CCCCCc1ccc(-c2nc(-c3ccc(-c4ccc(CCCCC)cn4)cc3)no2)cc1. The van der Waals surface area contributed by atoms with Crippen LogP contribution < -0.4 is 0 Å². The minimum atomic E-state index is 0.550. The fourth-order valence-corrected chi connectivity index (χ4v) is 3.96.